The molecule has 2 aromatic carbocycles. The van der Waals surface area contributed by atoms with Crippen LogP contribution < -0.4 is 4.74 Å². The number of hydrogen-bond acceptors (Lipinski definition) is 6. The highest BCUT2D eigenvalue weighted by molar-refractivity contribution is 7.86. The number of ketones is 1. The summed E-state index contributed by atoms with van der Waals surface area (Å²) in [4.78, 5) is 12.5. The van der Waals surface area contributed by atoms with E-state index in [4.69, 9.17) is 8.92 Å². The number of hydrogen-bond donors (Lipinski definition) is 1. The summed E-state index contributed by atoms with van der Waals surface area (Å²) in [6.45, 7) is 4.05. The minimum absolute atomic E-state index is 0.0529. The highest BCUT2D eigenvalue weighted by Crippen LogP contribution is 2.34. The van der Waals surface area contributed by atoms with E-state index in [2.05, 4.69) is 6.92 Å². The highest BCUT2D eigenvalue weighted by Gasteiger charge is 2.25. The zero-order valence-electron chi connectivity index (χ0n) is 17.1. The molecule has 0 fully saturated rings. The molecule has 0 bridgehead atoms. The van der Waals surface area contributed by atoms with E-state index in [0.717, 1.165) is 43.4 Å². The molecule has 1 N–H and O–H groups in total. The van der Waals surface area contributed by atoms with Crippen molar-refractivity contribution in [2.75, 3.05) is 13.7 Å². The number of carbonyl (C=O) groups is 1. The van der Waals surface area contributed by atoms with Crippen molar-refractivity contribution >= 4 is 15.9 Å². The van der Waals surface area contributed by atoms with Gasteiger partial charge in [-0.25, -0.2) is 0 Å². The predicted molar refractivity (Wildman–Crippen MR) is 111 cm³/mol. The number of carbonyl (C=O) groups excluding carboxylic acids is 1. The van der Waals surface area contributed by atoms with Gasteiger partial charge in [-0.1, -0.05) is 62.4 Å². The molecule has 0 saturated heterocycles. The number of benzene rings is 2. The maximum atomic E-state index is 12.8. The molecule has 0 aliphatic rings. The summed E-state index contributed by atoms with van der Waals surface area (Å²) < 4.78 is 35.6. The van der Waals surface area contributed by atoms with Crippen molar-refractivity contribution in [1.82, 2.24) is 0 Å². The number of unbranched alkanes of at least 4 members (excludes halogenated alkanes) is 4. The van der Waals surface area contributed by atoms with Gasteiger partial charge in [0.25, 0.3) is 0 Å². The van der Waals surface area contributed by atoms with Crippen molar-refractivity contribution in [3.63, 3.8) is 0 Å². The average Bonchev–Trinajstić information content (AvgIpc) is 2.70. The lowest BCUT2D eigenvalue weighted by molar-refractivity contribution is 0.103. The second-order valence-electron chi connectivity index (χ2n) is 6.91. The largest absolute Gasteiger partial charge is 0.507 e. The van der Waals surface area contributed by atoms with Crippen LogP contribution in [0.4, 0.5) is 0 Å². The van der Waals surface area contributed by atoms with E-state index in [0.29, 0.717) is 12.0 Å². The van der Waals surface area contributed by atoms with Gasteiger partial charge in [-0.3, -0.25) is 8.98 Å². The number of methoxy groups -OCH3 is 1. The molecule has 0 saturated carbocycles. The smallest absolute Gasteiger partial charge is 0.300 e. The van der Waals surface area contributed by atoms with Crippen LogP contribution in [0, 0.1) is 6.92 Å². The third-order valence-corrected chi connectivity index (χ3v) is 5.93. The Hall–Kier alpha value is -2.38. The molecule has 0 radical (unpaired) electrons. The first kappa shape index (κ1) is 22.9. The lowest BCUT2D eigenvalue weighted by atomic mass is 10.0. The third kappa shape index (κ3) is 6.05. The Morgan fingerprint density at radius 3 is 2.31 bits per heavy atom. The molecule has 0 unspecified atom stereocenters. The van der Waals surface area contributed by atoms with Crippen LogP contribution >= 0.6 is 0 Å². The summed E-state index contributed by atoms with van der Waals surface area (Å²) >= 11 is 0. The van der Waals surface area contributed by atoms with E-state index in [9.17, 15) is 18.3 Å². The van der Waals surface area contributed by atoms with E-state index >= 15 is 0 Å². The SMILES string of the molecule is CCCCCCCOS(=O)(=O)c1cc(C(=O)c2ccc(C)cc2)c(O)cc1OC. The molecular formula is C22H28O6S. The van der Waals surface area contributed by atoms with Crippen LogP contribution in [0.25, 0.3) is 0 Å². The molecule has 0 aliphatic heterocycles. The Bertz CT molecular complexity index is 933. The zero-order valence-corrected chi connectivity index (χ0v) is 17.9. The summed E-state index contributed by atoms with van der Waals surface area (Å²) in [5, 5.41) is 10.3. The number of aryl methyl sites for hydroxylation is 1. The molecular weight excluding hydrogens is 392 g/mol. The van der Waals surface area contributed by atoms with Crippen LogP contribution in [0.3, 0.4) is 0 Å². The molecule has 158 valence electrons. The second kappa shape index (κ2) is 10.4. The summed E-state index contributed by atoms with van der Waals surface area (Å²) in [5.41, 5.74) is 1.20. The van der Waals surface area contributed by atoms with Gasteiger partial charge in [-0.2, -0.15) is 8.42 Å². The normalized spacial score (nSPS) is 11.4. The second-order valence-corrected chi connectivity index (χ2v) is 8.49. The Kier molecular flexibility index (Phi) is 8.22. The van der Waals surface area contributed by atoms with Gasteiger partial charge in [0, 0.05) is 11.6 Å². The quantitative estimate of drug-likeness (QED) is 0.324. The fraction of sp³-hybridized carbons (Fsp3) is 0.409. The molecule has 2 rings (SSSR count). The van der Waals surface area contributed by atoms with Gasteiger partial charge >= 0.3 is 10.1 Å². The summed E-state index contributed by atoms with van der Waals surface area (Å²) in [5.74, 6) is -0.916. The van der Waals surface area contributed by atoms with Crippen molar-refractivity contribution in [2.24, 2.45) is 0 Å². The molecule has 0 atom stereocenters. The molecule has 29 heavy (non-hydrogen) atoms. The number of phenolic OH excluding ortho intramolecular Hbond substituents is 1. The molecule has 6 nitrogen and oxygen atoms in total. The van der Waals surface area contributed by atoms with Gasteiger partial charge in [-0.05, 0) is 19.4 Å². The van der Waals surface area contributed by atoms with Crippen LogP contribution in [-0.4, -0.2) is 33.0 Å². The van der Waals surface area contributed by atoms with E-state index in [-0.39, 0.29) is 28.6 Å². The van der Waals surface area contributed by atoms with Crippen LogP contribution in [0.2, 0.25) is 0 Å². The fourth-order valence-electron chi connectivity index (χ4n) is 2.88. The Balaban J connectivity index is 2.27. The molecule has 0 heterocycles. The van der Waals surface area contributed by atoms with E-state index < -0.39 is 15.9 Å². The van der Waals surface area contributed by atoms with Gasteiger partial charge in [0.1, 0.15) is 16.4 Å². The minimum Gasteiger partial charge on any atom is -0.507 e. The van der Waals surface area contributed by atoms with Crippen LogP contribution in [-0.2, 0) is 14.3 Å². The van der Waals surface area contributed by atoms with Crippen LogP contribution in [0.15, 0.2) is 41.3 Å². The monoisotopic (exact) mass is 420 g/mol. The molecule has 0 aliphatic carbocycles. The first-order valence-corrected chi connectivity index (χ1v) is 11.1. The predicted octanol–water partition coefficient (Wildman–Crippen LogP) is 4.62. The first-order chi connectivity index (χ1) is 13.8. The van der Waals surface area contributed by atoms with E-state index in [1.54, 1.807) is 24.3 Å². The van der Waals surface area contributed by atoms with Gasteiger partial charge < -0.3 is 9.84 Å². The van der Waals surface area contributed by atoms with Gasteiger partial charge in [0.05, 0.1) is 19.3 Å². The molecule has 0 aromatic heterocycles. The van der Waals surface area contributed by atoms with Crippen LogP contribution in [0.5, 0.6) is 11.5 Å². The number of rotatable bonds is 11. The fourth-order valence-corrected chi connectivity index (χ4v) is 4.00. The number of ether oxygens (including phenoxy) is 1. The van der Waals surface area contributed by atoms with Gasteiger partial charge in [0.2, 0.25) is 0 Å². The van der Waals surface area contributed by atoms with E-state index in [1.165, 1.54) is 7.11 Å². The molecule has 7 heteroatoms. The standard InChI is InChI=1S/C22H28O6S/c1-4-5-6-7-8-13-28-29(25,26)21-14-18(19(23)15-20(21)27-3)22(24)17-11-9-16(2)10-12-17/h9-12,14-15,23H,4-8,13H2,1-3H3. The Labute approximate surface area is 172 Å². The van der Waals surface area contributed by atoms with Crippen molar-refractivity contribution < 1.29 is 27.2 Å². The molecule has 0 spiro atoms. The van der Waals surface area contributed by atoms with E-state index in [1.807, 2.05) is 6.92 Å². The Morgan fingerprint density at radius 1 is 1.03 bits per heavy atom. The van der Waals surface area contributed by atoms with Crippen molar-refractivity contribution in [3.8, 4) is 11.5 Å². The topological polar surface area (TPSA) is 89.9 Å². The zero-order chi connectivity index (χ0) is 21.4. The number of phenols is 1. The molecule has 0 amide bonds. The number of aromatic hydroxyl groups is 1. The maximum Gasteiger partial charge on any atom is 0.300 e. The molecule has 2 aromatic rings. The third-order valence-electron chi connectivity index (χ3n) is 4.60. The highest BCUT2D eigenvalue weighted by atomic mass is 32.2. The van der Waals surface area contributed by atoms with Crippen molar-refractivity contribution in [3.05, 3.63) is 53.1 Å². The van der Waals surface area contributed by atoms with Crippen molar-refractivity contribution in [1.29, 1.82) is 0 Å². The summed E-state index contributed by atoms with van der Waals surface area (Å²) in [6, 6.07) is 9.03. The average molecular weight is 421 g/mol. The lowest BCUT2D eigenvalue weighted by Crippen LogP contribution is -2.11. The lowest BCUT2D eigenvalue weighted by Gasteiger charge is -2.13. The van der Waals surface area contributed by atoms with Crippen molar-refractivity contribution in [2.45, 2.75) is 50.8 Å². The first-order valence-electron chi connectivity index (χ1n) is 9.72. The minimum atomic E-state index is -4.15. The van der Waals surface area contributed by atoms with Crippen LogP contribution in [0.1, 0.15) is 60.5 Å². The summed E-state index contributed by atoms with van der Waals surface area (Å²) in [6.07, 6.45) is 4.73. The maximum absolute atomic E-state index is 12.8. The Morgan fingerprint density at radius 2 is 1.69 bits per heavy atom. The summed E-state index contributed by atoms with van der Waals surface area (Å²) in [7, 11) is -2.85. The van der Waals surface area contributed by atoms with Gasteiger partial charge in [-0.15, -0.1) is 0 Å². The van der Waals surface area contributed by atoms with Gasteiger partial charge in [0.15, 0.2) is 5.78 Å².